The third kappa shape index (κ3) is 5.84. The van der Waals surface area contributed by atoms with E-state index in [-0.39, 0.29) is 18.4 Å². The highest BCUT2D eigenvalue weighted by molar-refractivity contribution is 5.97. The summed E-state index contributed by atoms with van der Waals surface area (Å²) in [7, 11) is 0. The van der Waals surface area contributed by atoms with Gasteiger partial charge >= 0.3 is 5.97 Å². The number of nitrogens with one attached hydrogen (secondary N) is 3. The first kappa shape index (κ1) is 19.9. The molecule has 7 heteroatoms. The molecule has 0 aliphatic carbocycles. The fourth-order valence-corrected chi connectivity index (χ4v) is 2.55. The van der Waals surface area contributed by atoms with Gasteiger partial charge in [0, 0.05) is 13.0 Å². The fourth-order valence-electron chi connectivity index (χ4n) is 2.55. The molecule has 3 N–H and O–H groups in total. The Hall–Kier alpha value is -2.41. The molecule has 2 rings (SSSR count). The highest BCUT2D eigenvalue weighted by Crippen LogP contribution is 2.14. The molecule has 0 aromatic heterocycles. The third-order valence-corrected chi connectivity index (χ3v) is 4.01. The lowest BCUT2D eigenvalue weighted by atomic mass is 10.0. The zero-order valence-corrected chi connectivity index (χ0v) is 15.5. The molecule has 0 radical (unpaired) electrons. The van der Waals surface area contributed by atoms with Crippen molar-refractivity contribution in [3.8, 4) is 0 Å². The summed E-state index contributed by atoms with van der Waals surface area (Å²) in [5, 5.41) is 8.41. The number of hydrogen-bond donors (Lipinski definition) is 3. The van der Waals surface area contributed by atoms with Gasteiger partial charge in [-0.05, 0) is 18.4 Å². The highest BCUT2D eigenvalue weighted by Gasteiger charge is 2.49. The van der Waals surface area contributed by atoms with Crippen LogP contribution >= 0.6 is 0 Å². The third-order valence-electron chi connectivity index (χ3n) is 4.01. The summed E-state index contributed by atoms with van der Waals surface area (Å²) in [6.07, 6.45) is 0.382. The quantitative estimate of drug-likeness (QED) is 0.436. The van der Waals surface area contributed by atoms with E-state index in [1.54, 1.807) is 6.92 Å². The van der Waals surface area contributed by atoms with Gasteiger partial charge in [-0.25, -0.2) is 0 Å². The lowest BCUT2D eigenvalue weighted by Gasteiger charge is -2.19. The van der Waals surface area contributed by atoms with Crippen LogP contribution < -0.4 is 16.0 Å². The zero-order chi connectivity index (χ0) is 19.1. The van der Waals surface area contributed by atoms with Crippen molar-refractivity contribution in [2.45, 2.75) is 45.3 Å². The molecule has 1 aromatic carbocycles. The van der Waals surface area contributed by atoms with E-state index in [0.717, 1.165) is 5.56 Å². The molecule has 1 saturated heterocycles. The smallest absolute Gasteiger partial charge is 0.325 e. The summed E-state index contributed by atoms with van der Waals surface area (Å²) in [6.45, 7) is 6.52. The summed E-state index contributed by atoms with van der Waals surface area (Å²) in [5.74, 6) is -0.741. The molecule has 1 fully saturated rings. The first-order chi connectivity index (χ1) is 12.4. The van der Waals surface area contributed by atoms with Crippen LogP contribution in [0.1, 0.15) is 26.3 Å². The maximum atomic E-state index is 12.5. The van der Waals surface area contributed by atoms with Crippen LogP contribution in [0.15, 0.2) is 30.3 Å². The van der Waals surface area contributed by atoms with E-state index in [0.29, 0.717) is 18.9 Å². The Morgan fingerprint density at radius 1 is 1.15 bits per heavy atom. The lowest BCUT2D eigenvalue weighted by molar-refractivity contribution is -0.143. The Bertz CT molecular complexity index is 633. The van der Waals surface area contributed by atoms with Crippen molar-refractivity contribution < 1.29 is 19.1 Å². The Morgan fingerprint density at radius 3 is 2.46 bits per heavy atom. The summed E-state index contributed by atoms with van der Waals surface area (Å²) in [5.41, 5.74) is 0.947. The van der Waals surface area contributed by atoms with Gasteiger partial charge in [-0.1, -0.05) is 44.2 Å². The number of carbonyl (C=O) groups excluding carboxylic acids is 3. The number of rotatable bonds is 9. The number of benzene rings is 1. The average molecular weight is 361 g/mol. The fraction of sp³-hybridized carbons (Fsp3) is 0.526. The predicted molar refractivity (Wildman–Crippen MR) is 97.3 cm³/mol. The number of ether oxygens (including phenoxy) is 1. The molecule has 7 nitrogen and oxygen atoms in total. The van der Waals surface area contributed by atoms with Gasteiger partial charge in [-0.2, -0.15) is 0 Å². The summed E-state index contributed by atoms with van der Waals surface area (Å²) in [4.78, 5) is 36.6. The average Bonchev–Trinajstić information content (AvgIpc) is 3.41. The molecule has 1 aliphatic heterocycles. The van der Waals surface area contributed by atoms with Gasteiger partial charge in [-0.3, -0.25) is 19.7 Å². The molecule has 142 valence electrons. The molecule has 0 spiro atoms. The topological polar surface area (TPSA) is 106 Å². The van der Waals surface area contributed by atoms with Gasteiger partial charge < -0.3 is 15.4 Å². The molecule has 26 heavy (non-hydrogen) atoms. The Labute approximate surface area is 153 Å². The predicted octanol–water partition coefficient (Wildman–Crippen LogP) is 0.390. The van der Waals surface area contributed by atoms with Crippen molar-refractivity contribution in [1.82, 2.24) is 16.0 Å². The molecule has 1 aromatic rings. The second kappa shape index (κ2) is 9.33. The van der Waals surface area contributed by atoms with Crippen molar-refractivity contribution >= 4 is 17.8 Å². The van der Waals surface area contributed by atoms with Crippen molar-refractivity contribution in [3.63, 3.8) is 0 Å². The second-order valence-corrected chi connectivity index (χ2v) is 6.76. The molecule has 0 saturated carbocycles. The minimum absolute atomic E-state index is 0.232. The molecule has 2 amide bonds. The molecule has 1 aliphatic rings. The highest BCUT2D eigenvalue weighted by atomic mass is 16.5. The van der Waals surface area contributed by atoms with Crippen molar-refractivity contribution in [2.24, 2.45) is 5.92 Å². The first-order valence-corrected chi connectivity index (χ1v) is 8.97. The van der Waals surface area contributed by atoms with Crippen LogP contribution in [0.5, 0.6) is 0 Å². The van der Waals surface area contributed by atoms with Gasteiger partial charge in [0.2, 0.25) is 11.8 Å². The largest absolute Gasteiger partial charge is 0.465 e. The molecular formula is C19H27N3O4. The van der Waals surface area contributed by atoms with Crippen LogP contribution in [0.25, 0.3) is 0 Å². The molecule has 3 atom stereocenters. The lowest BCUT2D eigenvalue weighted by Crippen LogP contribution is -2.50. The van der Waals surface area contributed by atoms with E-state index in [4.69, 9.17) is 4.74 Å². The Balaban J connectivity index is 1.98. The van der Waals surface area contributed by atoms with Gasteiger partial charge in [0.1, 0.15) is 18.1 Å². The van der Waals surface area contributed by atoms with E-state index < -0.39 is 24.1 Å². The van der Waals surface area contributed by atoms with Gasteiger partial charge in [0.25, 0.3) is 0 Å². The number of esters is 1. The van der Waals surface area contributed by atoms with Crippen LogP contribution in [0, 0.1) is 5.92 Å². The molecule has 1 heterocycles. The molecule has 0 unspecified atom stereocenters. The van der Waals surface area contributed by atoms with Crippen molar-refractivity contribution in [1.29, 1.82) is 0 Å². The van der Waals surface area contributed by atoms with Crippen LogP contribution in [-0.4, -0.2) is 49.1 Å². The number of hydrogen-bond acceptors (Lipinski definition) is 5. The molecule has 0 bridgehead atoms. The van der Waals surface area contributed by atoms with Crippen LogP contribution in [0.2, 0.25) is 0 Å². The number of amides is 2. The van der Waals surface area contributed by atoms with Crippen LogP contribution in [0.3, 0.4) is 0 Å². The summed E-state index contributed by atoms with van der Waals surface area (Å²) in [6, 6.07) is 7.51. The second-order valence-electron chi connectivity index (χ2n) is 6.76. The van der Waals surface area contributed by atoms with Crippen LogP contribution in [0.4, 0.5) is 0 Å². The standard InChI is InChI=1S/C19H27N3O4/c1-4-26-19(25)16-15(22-16)18(24)21-14(17(23)20-11-12(2)3)10-13-8-6-5-7-9-13/h5-9,12,14-16,22H,4,10-11H2,1-3H3,(H,20,23)(H,21,24)/t14-,15-,16-/m0/s1. The monoisotopic (exact) mass is 361 g/mol. The normalized spacial score (nSPS) is 19.5. The zero-order valence-electron chi connectivity index (χ0n) is 15.5. The Morgan fingerprint density at radius 2 is 1.85 bits per heavy atom. The van der Waals surface area contributed by atoms with Crippen LogP contribution in [-0.2, 0) is 25.5 Å². The summed E-state index contributed by atoms with van der Waals surface area (Å²) < 4.78 is 4.90. The van der Waals surface area contributed by atoms with E-state index >= 15 is 0 Å². The Kier molecular flexibility index (Phi) is 7.15. The van der Waals surface area contributed by atoms with E-state index in [1.165, 1.54) is 0 Å². The van der Waals surface area contributed by atoms with Crippen molar-refractivity contribution in [2.75, 3.05) is 13.2 Å². The van der Waals surface area contributed by atoms with E-state index in [1.807, 2.05) is 44.2 Å². The maximum Gasteiger partial charge on any atom is 0.325 e. The number of carbonyl (C=O) groups is 3. The van der Waals surface area contributed by atoms with Gasteiger partial charge in [0.05, 0.1) is 6.61 Å². The van der Waals surface area contributed by atoms with E-state index in [9.17, 15) is 14.4 Å². The van der Waals surface area contributed by atoms with E-state index in [2.05, 4.69) is 16.0 Å². The molecular weight excluding hydrogens is 334 g/mol. The SMILES string of the molecule is CCOC(=O)[C@H]1N[C@@H]1C(=O)N[C@@H](Cc1ccccc1)C(=O)NCC(C)C. The first-order valence-electron chi connectivity index (χ1n) is 8.97. The minimum atomic E-state index is -0.700. The van der Waals surface area contributed by atoms with Gasteiger partial charge in [-0.15, -0.1) is 0 Å². The van der Waals surface area contributed by atoms with Gasteiger partial charge in [0.15, 0.2) is 0 Å². The maximum absolute atomic E-state index is 12.5. The summed E-state index contributed by atoms with van der Waals surface area (Å²) >= 11 is 0. The minimum Gasteiger partial charge on any atom is -0.465 e. The van der Waals surface area contributed by atoms with Crippen molar-refractivity contribution in [3.05, 3.63) is 35.9 Å².